The molecular formula is C20H22N6OS. The lowest BCUT2D eigenvalue weighted by Crippen LogP contribution is -2.40. The standard InChI is InChI=1S/C20H22N6OS/c27-19(25-20-22-10-12-28-20)14-26-11-4-5-15(13-26)16-6-3-8-18(23-16)24-17-7-1-2-9-21-17/h1-3,6-10,12,15H,4-5,11,13-14H2,(H,21,23,24)(H,22,25,27)/t15-/m0/s1. The first-order chi connectivity index (χ1) is 13.8. The van der Waals surface area contributed by atoms with Gasteiger partial charge in [0.25, 0.3) is 0 Å². The maximum absolute atomic E-state index is 12.3. The van der Waals surface area contributed by atoms with Gasteiger partial charge in [-0.25, -0.2) is 15.0 Å². The van der Waals surface area contributed by atoms with Gasteiger partial charge in [0.05, 0.1) is 6.54 Å². The predicted octanol–water partition coefficient (Wildman–Crippen LogP) is 3.49. The molecule has 1 amide bonds. The van der Waals surface area contributed by atoms with Crippen molar-refractivity contribution in [2.75, 3.05) is 30.3 Å². The van der Waals surface area contributed by atoms with Crippen LogP contribution in [0, 0.1) is 0 Å². The highest BCUT2D eigenvalue weighted by Gasteiger charge is 2.24. The highest BCUT2D eigenvalue weighted by Crippen LogP contribution is 2.27. The number of hydrogen-bond donors (Lipinski definition) is 2. The Balaban J connectivity index is 1.37. The molecule has 1 saturated heterocycles. The highest BCUT2D eigenvalue weighted by molar-refractivity contribution is 7.13. The topological polar surface area (TPSA) is 83.0 Å². The number of piperidine rings is 1. The Hall–Kier alpha value is -2.84. The van der Waals surface area contributed by atoms with E-state index in [2.05, 4.69) is 31.6 Å². The van der Waals surface area contributed by atoms with Gasteiger partial charge in [0, 0.05) is 35.9 Å². The molecule has 0 unspecified atom stereocenters. The quantitative estimate of drug-likeness (QED) is 0.666. The Morgan fingerprint density at radius 2 is 2.07 bits per heavy atom. The van der Waals surface area contributed by atoms with E-state index in [9.17, 15) is 4.79 Å². The third-order valence-electron chi connectivity index (χ3n) is 4.66. The fraction of sp³-hybridized carbons (Fsp3) is 0.300. The van der Waals surface area contributed by atoms with Crippen LogP contribution in [0.3, 0.4) is 0 Å². The van der Waals surface area contributed by atoms with Crippen LogP contribution in [0.25, 0.3) is 0 Å². The number of pyridine rings is 2. The molecule has 144 valence electrons. The number of likely N-dealkylation sites (tertiary alicyclic amines) is 1. The molecule has 0 spiro atoms. The minimum absolute atomic E-state index is 0.0193. The van der Waals surface area contributed by atoms with E-state index in [0.29, 0.717) is 17.6 Å². The van der Waals surface area contributed by atoms with Crippen LogP contribution in [0.2, 0.25) is 0 Å². The third-order valence-corrected chi connectivity index (χ3v) is 5.35. The molecule has 4 rings (SSSR count). The number of amides is 1. The van der Waals surface area contributed by atoms with Gasteiger partial charge in [-0.3, -0.25) is 9.69 Å². The molecule has 7 nitrogen and oxygen atoms in total. The minimum Gasteiger partial charge on any atom is -0.325 e. The third kappa shape index (κ3) is 4.90. The molecule has 28 heavy (non-hydrogen) atoms. The molecule has 8 heteroatoms. The lowest BCUT2D eigenvalue weighted by molar-refractivity contribution is -0.117. The molecule has 0 aromatic carbocycles. The highest BCUT2D eigenvalue weighted by atomic mass is 32.1. The Labute approximate surface area is 167 Å². The Morgan fingerprint density at radius 3 is 2.89 bits per heavy atom. The average molecular weight is 395 g/mol. The van der Waals surface area contributed by atoms with Crippen LogP contribution in [-0.2, 0) is 4.79 Å². The number of anilines is 3. The first-order valence-corrected chi connectivity index (χ1v) is 10.2. The van der Waals surface area contributed by atoms with Crippen molar-refractivity contribution in [3.8, 4) is 0 Å². The number of hydrogen-bond acceptors (Lipinski definition) is 7. The van der Waals surface area contributed by atoms with Crippen molar-refractivity contribution in [1.82, 2.24) is 19.9 Å². The molecule has 1 fully saturated rings. The number of aromatic nitrogens is 3. The van der Waals surface area contributed by atoms with Gasteiger partial charge in [0.2, 0.25) is 5.91 Å². The second kappa shape index (κ2) is 8.90. The Morgan fingerprint density at radius 1 is 1.14 bits per heavy atom. The molecule has 1 atom stereocenters. The molecule has 4 heterocycles. The fourth-order valence-electron chi connectivity index (χ4n) is 3.40. The van der Waals surface area contributed by atoms with Crippen molar-refractivity contribution in [3.63, 3.8) is 0 Å². The fourth-order valence-corrected chi connectivity index (χ4v) is 3.95. The molecule has 0 saturated carbocycles. The van der Waals surface area contributed by atoms with Crippen LogP contribution in [0.15, 0.2) is 54.2 Å². The van der Waals surface area contributed by atoms with E-state index in [1.165, 1.54) is 11.3 Å². The molecule has 3 aromatic heterocycles. The van der Waals surface area contributed by atoms with E-state index >= 15 is 0 Å². The first-order valence-electron chi connectivity index (χ1n) is 9.33. The normalized spacial score (nSPS) is 17.2. The number of nitrogens with one attached hydrogen (secondary N) is 2. The Kier molecular flexibility index (Phi) is 5.89. The summed E-state index contributed by atoms with van der Waals surface area (Å²) < 4.78 is 0. The summed E-state index contributed by atoms with van der Waals surface area (Å²) in [5.74, 6) is 1.85. The molecule has 1 aliphatic heterocycles. The van der Waals surface area contributed by atoms with Crippen molar-refractivity contribution in [1.29, 1.82) is 0 Å². The summed E-state index contributed by atoms with van der Waals surface area (Å²) in [5.41, 5.74) is 1.05. The lowest BCUT2D eigenvalue weighted by atomic mass is 9.94. The molecule has 0 radical (unpaired) electrons. The van der Waals surface area contributed by atoms with Gasteiger partial charge in [0.15, 0.2) is 5.13 Å². The molecule has 0 aliphatic carbocycles. The zero-order valence-corrected chi connectivity index (χ0v) is 16.2. The number of thiazole rings is 1. The second-order valence-corrected chi connectivity index (χ2v) is 7.64. The van der Waals surface area contributed by atoms with Crippen LogP contribution >= 0.6 is 11.3 Å². The smallest absolute Gasteiger partial charge is 0.240 e. The van der Waals surface area contributed by atoms with Crippen molar-refractivity contribution in [2.24, 2.45) is 0 Å². The largest absolute Gasteiger partial charge is 0.325 e. The SMILES string of the molecule is O=C(CN1CCC[C@H](c2cccc(Nc3ccccn3)n2)C1)Nc1nccs1. The molecule has 0 bridgehead atoms. The predicted molar refractivity (Wildman–Crippen MR) is 111 cm³/mol. The van der Waals surface area contributed by atoms with Crippen LogP contribution in [0.4, 0.5) is 16.8 Å². The van der Waals surface area contributed by atoms with Crippen LogP contribution in [0.1, 0.15) is 24.5 Å². The maximum Gasteiger partial charge on any atom is 0.240 e. The van der Waals surface area contributed by atoms with Crippen molar-refractivity contribution in [3.05, 3.63) is 59.9 Å². The van der Waals surface area contributed by atoms with Crippen LogP contribution in [0.5, 0.6) is 0 Å². The molecule has 2 N–H and O–H groups in total. The molecule has 1 aliphatic rings. The van der Waals surface area contributed by atoms with E-state index in [1.54, 1.807) is 12.4 Å². The summed E-state index contributed by atoms with van der Waals surface area (Å²) in [7, 11) is 0. The van der Waals surface area contributed by atoms with E-state index in [4.69, 9.17) is 4.98 Å². The van der Waals surface area contributed by atoms with Gasteiger partial charge in [-0.05, 0) is 43.7 Å². The summed E-state index contributed by atoms with van der Waals surface area (Å²) in [5, 5.41) is 8.60. The first kappa shape index (κ1) is 18.5. The van der Waals surface area contributed by atoms with Gasteiger partial charge in [-0.2, -0.15) is 0 Å². The average Bonchev–Trinajstić information content (AvgIpc) is 3.22. The monoisotopic (exact) mass is 394 g/mol. The second-order valence-electron chi connectivity index (χ2n) is 6.75. The number of rotatable bonds is 6. The Bertz CT molecular complexity index is 902. The van der Waals surface area contributed by atoms with E-state index < -0.39 is 0 Å². The van der Waals surface area contributed by atoms with Gasteiger partial charge in [-0.15, -0.1) is 11.3 Å². The van der Waals surface area contributed by atoms with Crippen molar-refractivity contribution < 1.29 is 4.79 Å². The molecule has 3 aromatic rings. The van der Waals surface area contributed by atoms with Crippen molar-refractivity contribution >= 4 is 34.0 Å². The van der Waals surface area contributed by atoms with Crippen molar-refractivity contribution in [2.45, 2.75) is 18.8 Å². The van der Waals surface area contributed by atoms with Gasteiger partial charge < -0.3 is 10.6 Å². The number of carbonyl (C=O) groups excluding carboxylic acids is 1. The zero-order chi connectivity index (χ0) is 19.2. The number of nitrogens with zero attached hydrogens (tertiary/aromatic N) is 4. The van der Waals surface area contributed by atoms with E-state index in [-0.39, 0.29) is 5.91 Å². The summed E-state index contributed by atoms with van der Waals surface area (Å²) >= 11 is 1.43. The molecular weight excluding hydrogens is 372 g/mol. The maximum atomic E-state index is 12.3. The number of carbonyl (C=O) groups is 1. The summed E-state index contributed by atoms with van der Waals surface area (Å²) in [6, 6.07) is 11.8. The summed E-state index contributed by atoms with van der Waals surface area (Å²) in [4.78, 5) is 27.6. The van der Waals surface area contributed by atoms with E-state index in [0.717, 1.165) is 43.3 Å². The van der Waals surface area contributed by atoms with Crippen LogP contribution in [-0.4, -0.2) is 45.4 Å². The van der Waals surface area contributed by atoms with Gasteiger partial charge in [0.1, 0.15) is 11.6 Å². The summed E-state index contributed by atoms with van der Waals surface area (Å²) in [6.45, 7) is 2.13. The minimum atomic E-state index is -0.0193. The van der Waals surface area contributed by atoms with Gasteiger partial charge in [-0.1, -0.05) is 12.1 Å². The van der Waals surface area contributed by atoms with Crippen LogP contribution < -0.4 is 10.6 Å². The van der Waals surface area contributed by atoms with Gasteiger partial charge >= 0.3 is 0 Å². The lowest BCUT2D eigenvalue weighted by Gasteiger charge is -2.32. The van der Waals surface area contributed by atoms with E-state index in [1.807, 2.05) is 35.7 Å². The summed E-state index contributed by atoms with van der Waals surface area (Å²) in [6.07, 6.45) is 5.57. The zero-order valence-electron chi connectivity index (χ0n) is 15.4.